The lowest BCUT2D eigenvalue weighted by Crippen LogP contribution is -2.21. The van der Waals surface area contributed by atoms with E-state index >= 15 is 0 Å². The summed E-state index contributed by atoms with van der Waals surface area (Å²) in [6.45, 7) is 6.18. The van der Waals surface area contributed by atoms with Crippen LogP contribution in [-0.4, -0.2) is 41.9 Å². The second-order valence-corrected chi connectivity index (χ2v) is 6.97. The summed E-state index contributed by atoms with van der Waals surface area (Å²) < 4.78 is 17.1. The molecule has 2 rings (SSSR count). The molecule has 2 aliphatic rings. The second kappa shape index (κ2) is 9.44. The molecule has 4 atom stereocenters. The Balaban J connectivity index is 1.74. The first-order valence-electron chi connectivity index (χ1n) is 9.16. The molecule has 0 aromatic rings. The Hall–Kier alpha value is -1.04. The van der Waals surface area contributed by atoms with Crippen LogP contribution in [0.2, 0.25) is 0 Å². The van der Waals surface area contributed by atoms with Crippen LogP contribution in [0.4, 0.5) is 0 Å². The second-order valence-electron chi connectivity index (χ2n) is 6.97. The molecule has 0 aliphatic carbocycles. The van der Waals surface area contributed by atoms with Crippen LogP contribution in [0.3, 0.4) is 0 Å². The van der Waals surface area contributed by atoms with E-state index in [2.05, 4.69) is 30.6 Å². The van der Waals surface area contributed by atoms with Crippen LogP contribution in [0.15, 0.2) is 0 Å². The first-order chi connectivity index (χ1) is 11.6. The topological polar surface area (TPSA) is 51.2 Å². The maximum Gasteiger partial charge on any atom is 0.163 e. The molecular weight excluding hydrogens is 304 g/mol. The lowest BCUT2D eigenvalue weighted by atomic mass is 10.0. The molecule has 0 unspecified atom stereocenters. The third-order valence-electron chi connectivity index (χ3n) is 4.31. The highest BCUT2D eigenvalue weighted by atomic mass is 16.7. The smallest absolute Gasteiger partial charge is 0.163 e. The molecule has 1 N–H and O–H groups in total. The Bertz CT molecular complexity index is 505. The molecule has 2 fully saturated rings. The van der Waals surface area contributed by atoms with Gasteiger partial charge in [-0.25, -0.2) is 0 Å². The summed E-state index contributed by atoms with van der Waals surface area (Å²) in [5.41, 5.74) is 0. The number of aliphatic hydroxyl groups is 1. The van der Waals surface area contributed by atoms with Crippen molar-refractivity contribution in [2.75, 3.05) is 6.61 Å². The van der Waals surface area contributed by atoms with Gasteiger partial charge >= 0.3 is 0 Å². The monoisotopic (exact) mass is 334 g/mol. The molecule has 4 nitrogen and oxygen atoms in total. The van der Waals surface area contributed by atoms with Crippen LogP contribution >= 0.6 is 0 Å². The molecule has 2 saturated heterocycles. The van der Waals surface area contributed by atoms with Gasteiger partial charge in [0.25, 0.3) is 0 Å². The Labute approximate surface area is 146 Å². The fourth-order valence-electron chi connectivity index (χ4n) is 2.99. The predicted octanol–water partition coefficient (Wildman–Crippen LogP) is 3.02. The van der Waals surface area contributed by atoms with Crippen molar-refractivity contribution in [2.24, 2.45) is 0 Å². The van der Waals surface area contributed by atoms with E-state index in [9.17, 15) is 0 Å². The Kier molecular flexibility index (Phi) is 7.59. The van der Waals surface area contributed by atoms with E-state index in [1.54, 1.807) is 0 Å². The quantitative estimate of drug-likeness (QED) is 0.421. The van der Waals surface area contributed by atoms with E-state index < -0.39 is 5.79 Å². The van der Waals surface area contributed by atoms with Crippen molar-refractivity contribution in [3.8, 4) is 23.7 Å². The SMILES string of the molecule is CCCCCCC[C@H]1OC(C)(C)O[C@@H]1CC#CC#C[C@@H]1O[C@@H]1CO. The summed E-state index contributed by atoms with van der Waals surface area (Å²) >= 11 is 0. The van der Waals surface area contributed by atoms with Crippen LogP contribution in [-0.2, 0) is 14.2 Å². The Morgan fingerprint density at radius 3 is 2.42 bits per heavy atom. The van der Waals surface area contributed by atoms with Crippen LogP contribution in [0.5, 0.6) is 0 Å². The highest BCUT2D eigenvalue weighted by Gasteiger charge is 2.40. The molecule has 134 valence electrons. The number of hydrogen-bond acceptors (Lipinski definition) is 4. The Morgan fingerprint density at radius 2 is 1.71 bits per heavy atom. The zero-order valence-electron chi connectivity index (χ0n) is 15.1. The third-order valence-corrected chi connectivity index (χ3v) is 4.31. The van der Waals surface area contributed by atoms with Gasteiger partial charge < -0.3 is 19.3 Å². The minimum absolute atomic E-state index is 0.0165. The van der Waals surface area contributed by atoms with Gasteiger partial charge in [0.15, 0.2) is 5.79 Å². The lowest BCUT2D eigenvalue weighted by molar-refractivity contribution is -0.146. The normalized spacial score (nSPS) is 30.2. The van der Waals surface area contributed by atoms with Crippen molar-refractivity contribution in [3.63, 3.8) is 0 Å². The van der Waals surface area contributed by atoms with Crippen molar-refractivity contribution in [1.82, 2.24) is 0 Å². The predicted molar refractivity (Wildman–Crippen MR) is 93.1 cm³/mol. The zero-order valence-corrected chi connectivity index (χ0v) is 15.1. The van der Waals surface area contributed by atoms with Gasteiger partial charge in [-0.1, -0.05) is 50.9 Å². The van der Waals surface area contributed by atoms with Gasteiger partial charge in [0, 0.05) is 6.42 Å². The number of ether oxygens (including phenoxy) is 3. The molecule has 0 aromatic carbocycles. The van der Waals surface area contributed by atoms with Gasteiger partial charge in [0.2, 0.25) is 0 Å². The maximum atomic E-state index is 8.86. The molecule has 0 spiro atoms. The first-order valence-corrected chi connectivity index (χ1v) is 9.16. The minimum atomic E-state index is -0.525. The van der Waals surface area contributed by atoms with Crippen LogP contribution in [0.25, 0.3) is 0 Å². The molecule has 0 amide bonds. The summed E-state index contributed by atoms with van der Waals surface area (Å²) in [6, 6.07) is 0. The molecule has 24 heavy (non-hydrogen) atoms. The van der Waals surface area contributed by atoms with Crippen molar-refractivity contribution < 1.29 is 19.3 Å². The van der Waals surface area contributed by atoms with Crippen molar-refractivity contribution in [1.29, 1.82) is 0 Å². The summed E-state index contributed by atoms with van der Waals surface area (Å²) in [4.78, 5) is 0. The average Bonchev–Trinajstić information content (AvgIpc) is 3.23. The highest BCUT2D eigenvalue weighted by molar-refractivity contribution is 5.30. The van der Waals surface area contributed by atoms with E-state index in [-0.39, 0.29) is 31.0 Å². The lowest BCUT2D eigenvalue weighted by Gasteiger charge is -2.16. The number of rotatable bonds is 8. The van der Waals surface area contributed by atoms with E-state index in [4.69, 9.17) is 19.3 Å². The molecule has 2 heterocycles. The van der Waals surface area contributed by atoms with E-state index in [0.29, 0.717) is 6.42 Å². The highest BCUT2D eigenvalue weighted by Crippen LogP contribution is 2.32. The molecular formula is C20H30O4. The standard InChI is InChI=1S/C20H30O4/c1-4-5-6-7-9-13-17-18(24-20(2,3)23-17)14-11-8-10-12-16-19(15-21)22-16/h16-19,21H,4-7,9,13-15H2,1-3H3/t16-,17+,18+,19+/m0/s1. The number of hydrogen-bond donors (Lipinski definition) is 1. The van der Waals surface area contributed by atoms with Crippen molar-refractivity contribution in [3.05, 3.63) is 0 Å². The molecule has 0 saturated carbocycles. The fourth-order valence-corrected chi connectivity index (χ4v) is 2.99. The summed E-state index contributed by atoms with van der Waals surface area (Å²) in [5.74, 6) is 11.1. The average molecular weight is 334 g/mol. The number of unbranched alkanes of at least 4 members (excludes halogenated alkanes) is 4. The molecule has 4 heteroatoms. The van der Waals surface area contributed by atoms with Gasteiger partial charge in [-0.2, -0.15) is 0 Å². The van der Waals surface area contributed by atoms with Crippen LogP contribution < -0.4 is 0 Å². The zero-order chi connectivity index (χ0) is 17.4. The van der Waals surface area contributed by atoms with E-state index in [1.807, 2.05) is 13.8 Å². The first kappa shape index (κ1) is 19.3. The van der Waals surface area contributed by atoms with Crippen molar-refractivity contribution >= 4 is 0 Å². The van der Waals surface area contributed by atoms with Gasteiger partial charge in [-0.05, 0) is 32.1 Å². The fraction of sp³-hybridized carbons (Fsp3) is 0.800. The minimum Gasteiger partial charge on any atom is -0.394 e. The summed E-state index contributed by atoms with van der Waals surface area (Å²) in [5, 5.41) is 8.86. The van der Waals surface area contributed by atoms with E-state index in [0.717, 1.165) is 6.42 Å². The maximum absolute atomic E-state index is 8.86. The van der Waals surface area contributed by atoms with Crippen molar-refractivity contribution in [2.45, 2.75) is 95.9 Å². The molecule has 2 aliphatic heterocycles. The van der Waals surface area contributed by atoms with Gasteiger partial charge in [0.1, 0.15) is 12.2 Å². The number of epoxide rings is 1. The molecule has 0 radical (unpaired) electrons. The molecule has 0 bridgehead atoms. The van der Waals surface area contributed by atoms with Crippen LogP contribution in [0, 0.1) is 23.7 Å². The number of aliphatic hydroxyl groups excluding tert-OH is 1. The van der Waals surface area contributed by atoms with Gasteiger partial charge in [0.05, 0.1) is 18.8 Å². The van der Waals surface area contributed by atoms with E-state index in [1.165, 1.54) is 32.1 Å². The Morgan fingerprint density at radius 1 is 0.958 bits per heavy atom. The van der Waals surface area contributed by atoms with Gasteiger partial charge in [-0.3, -0.25) is 0 Å². The third kappa shape index (κ3) is 6.46. The van der Waals surface area contributed by atoms with Crippen LogP contribution in [0.1, 0.15) is 65.7 Å². The van der Waals surface area contributed by atoms with Gasteiger partial charge in [-0.15, -0.1) is 0 Å². The molecule has 0 aromatic heterocycles. The summed E-state index contributed by atoms with van der Waals surface area (Å²) in [7, 11) is 0. The summed E-state index contributed by atoms with van der Waals surface area (Å²) in [6.07, 6.45) is 7.83. The largest absolute Gasteiger partial charge is 0.394 e.